The molecule has 2 aliphatic heterocycles. The third-order valence-electron chi connectivity index (χ3n) is 5.38. The smallest absolute Gasteiger partial charge is 0.225 e. The number of hydrogen-bond acceptors (Lipinski definition) is 3. The highest BCUT2D eigenvalue weighted by Gasteiger charge is 2.38. The Labute approximate surface area is 138 Å². The van der Waals surface area contributed by atoms with Crippen LogP contribution in [-0.4, -0.2) is 43.8 Å². The molecule has 2 aliphatic rings. The molecule has 126 valence electrons. The molecular formula is C18H25NO3S. The average Bonchev–Trinajstić information content (AvgIpc) is 2.55. The van der Waals surface area contributed by atoms with Crippen molar-refractivity contribution in [2.45, 2.75) is 38.0 Å². The maximum Gasteiger partial charge on any atom is 0.225 e. The summed E-state index contributed by atoms with van der Waals surface area (Å²) in [5, 5.41) is 0. The Balaban J connectivity index is 1.70. The second-order valence-corrected chi connectivity index (χ2v) is 9.52. The van der Waals surface area contributed by atoms with E-state index in [1.54, 1.807) is 0 Å². The van der Waals surface area contributed by atoms with Crippen molar-refractivity contribution in [1.29, 1.82) is 0 Å². The summed E-state index contributed by atoms with van der Waals surface area (Å²) >= 11 is 0. The van der Waals surface area contributed by atoms with Crippen LogP contribution >= 0.6 is 0 Å². The molecule has 3 rings (SSSR count). The van der Waals surface area contributed by atoms with Gasteiger partial charge in [0.25, 0.3) is 0 Å². The summed E-state index contributed by atoms with van der Waals surface area (Å²) in [5.41, 5.74) is 1.28. The third-order valence-corrected chi connectivity index (χ3v) is 7.10. The maximum absolute atomic E-state index is 12.8. The van der Waals surface area contributed by atoms with Crippen LogP contribution in [0.5, 0.6) is 0 Å². The monoisotopic (exact) mass is 335 g/mol. The molecule has 1 unspecified atom stereocenters. The van der Waals surface area contributed by atoms with Crippen molar-refractivity contribution >= 4 is 15.7 Å². The van der Waals surface area contributed by atoms with Gasteiger partial charge in [-0.3, -0.25) is 4.79 Å². The Morgan fingerprint density at radius 2 is 1.83 bits per heavy atom. The number of likely N-dealkylation sites (tertiary alicyclic amines) is 1. The molecule has 1 aromatic rings. The van der Waals surface area contributed by atoms with Gasteiger partial charge in [0.05, 0.1) is 11.5 Å². The number of hydrogen-bond donors (Lipinski definition) is 0. The van der Waals surface area contributed by atoms with Crippen LogP contribution in [0, 0.1) is 5.92 Å². The number of carbonyl (C=O) groups excluding carboxylic acids is 1. The Kier molecular flexibility index (Phi) is 4.50. The molecule has 2 fully saturated rings. The highest BCUT2D eigenvalue weighted by atomic mass is 32.2. The molecule has 1 amide bonds. The van der Waals surface area contributed by atoms with E-state index in [4.69, 9.17) is 0 Å². The lowest BCUT2D eigenvalue weighted by Gasteiger charge is -2.42. The van der Waals surface area contributed by atoms with Crippen LogP contribution in [0.1, 0.15) is 38.2 Å². The minimum absolute atomic E-state index is 0.00405. The zero-order valence-corrected chi connectivity index (χ0v) is 14.5. The number of sulfone groups is 1. The van der Waals surface area contributed by atoms with Crippen molar-refractivity contribution < 1.29 is 13.2 Å². The van der Waals surface area contributed by atoms with Crippen molar-refractivity contribution in [1.82, 2.24) is 4.90 Å². The largest absolute Gasteiger partial charge is 0.342 e. The fourth-order valence-electron chi connectivity index (χ4n) is 3.90. The number of piperidine rings is 1. The Morgan fingerprint density at radius 1 is 1.17 bits per heavy atom. The fourth-order valence-corrected chi connectivity index (χ4v) is 5.39. The standard InChI is InChI=1S/C18H25NO3S/c1-18(16-6-3-2-4-7-16)10-5-11-19(14-18)17(20)15-8-12-23(21,22)13-9-15/h2-4,6-7,15H,5,8-14H2,1H3. The van der Waals surface area contributed by atoms with E-state index in [1.807, 2.05) is 23.1 Å². The first-order chi connectivity index (χ1) is 10.9. The topological polar surface area (TPSA) is 54.5 Å². The normalized spacial score (nSPS) is 28.5. The minimum Gasteiger partial charge on any atom is -0.342 e. The predicted molar refractivity (Wildman–Crippen MR) is 91.0 cm³/mol. The number of benzene rings is 1. The summed E-state index contributed by atoms with van der Waals surface area (Å²) in [4.78, 5) is 14.8. The van der Waals surface area contributed by atoms with E-state index < -0.39 is 9.84 Å². The lowest BCUT2D eigenvalue weighted by Crippen LogP contribution is -2.49. The highest BCUT2D eigenvalue weighted by molar-refractivity contribution is 7.91. The number of carbonyl (C=O) groups is 1. The summed E-state index contributed by atoms with van der Waals surface area (Å²) in [6, 6.07) is 10.4. The number of amides is 1. The maximum atomic E-state index is 12.8. The van der Waals surface area contributed by atoms with Crippen molar-refractivity contribution in [2.24, 2.45) is 5.92 Å². The molecule has 2 heterocycles. The van der Waals surface area contributed by atoms with E-state index in [0.717, 1.165) is 25.9 Å². The number of nitrogens with zero attached hydrogens (tertiary/aromatic N) is 1. The molecule has 0 spiro atoms. The van der Waals surface area contributed by atoms with Gasteiger partial charge < -0.3 is 4.90 Å². The number of rotatable bonds is 2. The van der Waals surface area contributed by atoms with Gasteiger partial charge in [-0.05, 0) is 31.2 Å². The molecule has 0 radical (unpaired) electrons. The molecule has 23 heavy (non-hydrogen) atoms. The van der Waals surface area contributed by atoms with E-state index in [9.17, 15) is 13.2 Å². The first-order valence-corrected chi connectivity index (χ1v) is 10.3. The van der Waals surface area contributed by atoms with Gasteiger partial charge in [0.2, 0.25) is 5.91 Å². The van der Waals surface area contributed by atoms with Crippen molar-refractivity contribution in [2.75, 3.05) is 24.6 Å². The van der Waals surface area contributed by atoms with Crippen LogP contribution in [0.2, 0.25) is 0 Å². The van der Waals surface area contributed by atoms with E-state index in [1.165, 1.54) is 5.56 Å². The molecule has 5 heteroatoms. The molecule has 0 aliphatic carbocycles. The summed E-state index contributed by atoms with van der Waals surface area (Å²) in [5.74, 6) is 0.360. The zero-order valence-electron chi connectivity index (χ0n) is 13.7. The molecule has 0 aromatic heterocycles. The molecule has 0 bridgehead atoms. The summed E-state index contributed by atoms with van der Waals surface area (Å²) < 4.78 is 23.1. The van der Waals surface area contributed by atoms with Crippen LogP contribution in [0.25, 0.3) is 0 Å². The van der Waals surface area contributed by atoms with Crippen LogP contribution < -0.4 is 0 Å². The van der Waals surface area contributed by atoms with Gasteiger partial charge in [-0.2, -0.15) is 0 Å². The summed E-state index contributed by atoms with van der Waals surface area (Å²) in [6.45, 7) is 3.76. The van der Waals surface area contributed by atoms with Crippen molar-refractivity contribution in [3.63, 3.8) is 0 Å². The van der Waals surface area contributed by atoms with Crippen LogP contribution in [0.3, 0.4) is 0 Å². The fraction of sp³-hybridized carbons (Fsp3) is 0.611. The van der Waals surface area contributed by atoms with Gasteiger partial charge in [-0.1, -0.05) is 37.3 Å². The molecule has 2 saturated heterocycles. The minimum atomic E-state index is -2.92. The quantitative estimate of drug-likeness (QED) is 0.834. The molecular weight excluding hydrogens is 310 g/mol. The van der Waals surface area contributed by atoms with Crippen LogP contribution in [-0.2, 0) is 20.0 Å². The van der Waals surface area contributed by atoms with E-state index >= 15 is 0 Å². The van der Waals surface area contributed by atoms with Gasteiger partial charge >= 0.3 is 0 Å². The highest BCUT2D eigenvalue weighted by Crippen LogP contribution is 2.34. The summed E-state index contributed by atoms with van der Waals surface area (Å²) in [7, 11) is -2.92. The Hall–Kier alpha value is -1.36. The lowest BCUT2D eigenvalue weighted by molar-refractivity contribution is -0.138. The SMILES string of the molecule is CC1(c2ccccc2)CCCN(C(=O)C2CCS(=O)(=O)CC2)C1. The summed E-state index contributed by atoms with van der Waals surface area (Å²) in [6.07, 6.45) is 3.06. The van der Waals surface area contributed by atoms with E-state index in [2.05, 4.69) is 19.1 Å². The second-order valence-electron chi connectivity index (χ2n) is 7.22. The molecule has 0 saturated carbocycles. The van der Waals surface area contributed by atoms with E-state index in [0.29, 0.717) is 12.8 Å². The van der Waals surface area contributed by atoms with Gasteiger partial charge in [-0.15, -0.1) is 0 Å². The van der Waals surface area contributed by atoms with E-state index in [-0.39, 0.29) is 28.7 Å². The van der Waals surface area contributed by atoms with Crippen LogP contribution in [0.4, 0.5) is 0 Å². The van der Waals surface area contributed by atoms with Gasteiger partial charge in [-0.25, -0.2) is 8.42 Å². The molecule has 1 atom stereocenters. The van der Waals surface area contributed by atoms with Gasteiger partial charge in [0, 0.05) is 24.4 Å². The van der Waals surface area contributed by atoms with Crippen LogP contribution in [0.15, 0.2) is 30.3 Å². The first-order valence-electron chi connectivity index (χ1n) is 8.44. The van der Waals surface area contributed by atoms with Crippen molar-refractivity contribution in [3.8, 4) is 0 Å². The average molecular weight is 335 g/mol. The Morgan fingerprint density at radius 3 is 2.48 bits per heavy atom. The zero-order chi connectivity index (χ0) is 16.5. The predicted octanol–water partition coefficient (Wildman–Crippen LogP) is 2.39. The van der Waals surface area contributed by atoms with Gasteiger partial charge in [0.15, 0.2) is 0 Å². The molecule has 4 nitrogen and oxygen atoms in total. The Bertz CT molecular complexity index is 657. The first kappa shape index (κ1) is 16.5. The molecule has 1 aromatic carbocycles. The second kappa shape index (κ2) is 6.27. The van der Waals surface area contributed by atoms with Gasteiger partial charge in [0.1, 0.15) is 9.84 Å². The van der Waals surface area contributed by atoms with Crippen molar-refractivity contribution in [3.05, 3.63) is 35.9 Å². The lowest BCUT2D eigenvalue weighted by atomic mass is 9.75. The third kappa shape index (κ3) is 3.60. The molecule has 0 N–H and O–H groups in total.